The van der Waals surface area contributed by atoms with Crippen LogP contribution in [0.25, 0.3) is 22.4 Å². The number of allylic oxidation sites excluding steroid dienone is 5. The third-order valence-electron chi connectivity index (χ3n) is 9.80. The fourth-order valence-corrected chi connectivity index (χ4v) is 7.49. The molecule has 3 atom stereocenters. The molecule has 0 radical (unpaired) electrons. The average molecular weight is 609 g/mol. The van der Waals surface area contributed by atoms with E-state index in [-0.39, 0.29) is 12.1 Å². The molecular weight excluding hydrogens is 569 g/mol. The van der Waals surface area contributed by atoms with Crippen LogP contribution >= 0.6 is 0 Å². The molecule has 2 heteroatoms. The SMILES string of the molecule is CC1C=C(N(c2ccc(C3=CCC(N(c4ccccc4)c4cccc5ccccc45)C=C3)cc2)C2CC=Cc3ccccc32)C=CC1. The molecule has 0 N–H and O–H groups in total. The van der Waals surface area contributed by atoms with Gasteiger partial charge in [0.25, 0.3) is 0 Å². The van der Waals surface area contributed by atoms with Crippen LogP contribution < -0.4 is 9.80 Å². The number of hydrogen-bond acceptors (Lipinski definition) is 2. The van der Waals surface area contributed by atoms with Crippen molar-refractivity contribution in [1.29, 1.82) is 0 Å². The van der Waals surface area contributed by atoms with E-state index >= 15 is 0 Å². The van der Waals surface area contributed by atoms with E-state index in [1.807, 2.05) is 0 Å². The van der Waals surface area contributed by atoms with Crippen molar-refractivity contribution < 1.29 is 0 Å². The first-order valence-electron chi connectivity index (χ1n) is 17.0. The number of anilines is 3. The van der Waals surface area contributed by atoms with E-state index in [2.05, 4.69) is 187 Å². The zero-order valence-corrected chi connectivity index (χ0v) is 26.9. The van der Waals surface area contributed by atoms with Gasteiger partial charge in [-0.1, -0.05) is 140 Å². The van der Waals surface area contributed by atoms with Gasteiger partial charge in [-0.15, -0.1) is 0 Å². The van der Waals surface area contributed by atoms with Crippen LogP contribution in [0, 0.1) is 5.92 Å². The largest absolute Gasteiger partial charge is 0.334 e. The first-order chi connectivity index (χ1) is 23.2. The lowest BCUT2D eigenvalue weighted by molar-refractivity contribution is 0.659. The van der Waals surface area contributed by atoms with Crippen molar-refractivity contribution in [3.63, 3.8) is 0 Å². The van der Waals surface area contributed by atoms with E-state index in [9.17, 15) is 0 Å². The first kappa shape index (κ1) is 29.1. The molecular formula is C45H40N2. The summed E-state index contributed by atoms with van der Waals surface area (Å²) in [6.07, 6.45) is 21.8. The summed E-state index contributed by atoms with van der Waals surface area (Å²) in [7, 11) is 0. The third kappa shape index (κ3) is 5.77. The van der Waals surface area contributed by atoms with Gasteiger partial charge in [-0.2, -0.15) is 0 Å². The molecule has 5 aromatic carbocycles. The van der Waals surface area contributed by atoms with Gasteiger partial charge in [0.1, 0.15) is 0 Å². The van der Waals surface area contributed by atoms with Gasteiger partial charge in [0, 0.05) is 28.1 Å². The quantitative estimate of drug-likeness (QED) is 0.181. The normalized spacial score (nSPS) is 20.0. The highest BCUT2D eigenvalue weighted by Gasteiger charge is 2.27. The summed E-state index contributed by atoms with van der Waals surface area (Å²) in [4.78, 5) is 5.05. The molecule has 0 heterocycles. The standard InChI is InChI=1S/C45H40N2/c1-33-12-9-19-41(32-33)47(45-23-11-16-37-14-6-8-21-43(37)45)40-30-26-35(27-31-40)34-24-28-39(29-25-34)46(38-17-3-2-4-18-38)44-22-10-15-36-13-5-7-20-42(36)44/h2-11,13-22,24-28,30-33,39,45H,12,23,29H2,1H3. The molecule has 3 unspecified atom stereocenters. The minimum atomic E-state index is 0.216. The highest BCUT2D eigenvalue weighted by molar-refractivity contribution is 5.96. The number of hydrogen-bond donors (Lipinski definition) is 0. The highest BCUT2D eigenvalue weighted by atomic mass is 15.2. The molecule has 3 aliphatic rings. The lowest BCUT2D eigenvalue weighted by Crippen LogP contribution is -2.30. The Morgan fingerprint density at radius 1 is 0.596 bits per heavy atom. The molecule has 5 aromatic rings. The van der Waals surface area contributed by atoms with E-state index in [0.29, 0.717) is 5.92 Å². The van der Waals surface area contributed by atoms with Crippen molar-refractivity contribution in [1.82, 2.24) is 0 Å². The molecule has 0 saturated heterocycles. The molecule has 0 spiro atoms. The predicted molar refractivity (Wildman–Crippen MR) is 201 cm³/mol. The van der Waals surface area contributed by atoms with Crippen LogP contribution in [0.5, 0.6) is 0 Å². The highest BCUT2D eigenvalue weighted by Crippen LogP contribution is 2.41. The zero-order chi connectivity index (χ0) is 31.6. The summed E-state index contributed by atoms with van der Waals surface area (Å²) >= 11 is 0. The van der Waals surface area contributed by atoms with Gasteiger partial charge in [-0.25, -0.2) is 0 Å². The van der Waals surface area contributed by atoms with Crippen molar-refractivity contribution in [2.45, 2.75) is 38.3 Å². The first-order valence-corrected chi connectivity index (χ1v) is 17.0. The van der Waals surface area contributed by atoms with E-state index in [4.69, 9.17) is 0 Å². The van der Waals surface area contributed by atoms with Gasteiger partial charge in [0.2, 0.25) is 0 Å². The summed E-state index contributed by atoms with van der Waals surface area (Å²) in [5.41, 5.74) is 10.2. The maximum absolute atomic E-state index is 2.56. The monoisotopic (exact) mass is 608 g/mol. The lowest BCUT2D eigenvalue weighted by atomic mass is 9.89. The molecule has 0 aliphatic heterocycles. The number of rotatable bonds is 7. The predicted octanol–water partition coefficient (Wildman–Crippen LogP) is 11.8. The molecule has 47 heavy (non-hydrogen) atoms. The Balaban J connectivity index is 1.09. The van der Waals surface area contributed by atoms with Gasteiger partial charge in [0.15, 0.2) is 0 Å². The van der Waals surface area contributed by atoms with Gasteiger partial charge in [-0.05, 0) is 89.2 Å². The summed E-state index contributed by atoms with van der Waals surface area (Å²) in [5.74, 6) is 0.529. The van der Waals surface area contributed by atoms with Crippen molar-refractivity contribution in [2.24, 2.45) is 5.92 Å². The Bertz CT molecular complexity index is 2040. The second kappa shape index (κ2) is 12.8. The van der Waals surface area contributed by atoms with Crippen molar-refractivity contribution in [3.8, 4) is 0 Å². The summed E-state index contributed by atoms with van der Waals surface area (Å²) in [5, 5.41) is 2.54. The fourth-order valence-electron chi connectivity index (χ4n) is 7.49. The van der Waals surface area contributed by atoms with Crippen LogP contribution in [0.4, 0.5) is 17.1 Å². The molecule has 3 aliphatic carbocycles. The molecule has 0 bridgehead atoms. The van der Waals surface area contributed by atoms with Gasteiger partial charge >= 0.3 is 0 Å². The van der Waals surface area contributed by atoms with Crippen molar-refractivity contribution >= 4 is 39.5 Å². The Morgan fingerprint density at radius 3 is 2.17 bits per heavy atom. The summed E-state index contributed by atoms with van der Waals surface area (Å²) < 4.78 is 0. The third-order valence-corrected chi connectivity index (χ3v) is 9.80. The van der Waals surface area contributed by atoms with Crippen LogP contribution in [0.2, 0.25) is 0 Å². The summed E-state index contributed by atoms with van der Waals surface area (Å²) in [6.45, 7) is 2.31. The summed E-state index contributed by atoms with van der Waals surface area (Å²) in [6, 6.07) is 44.7. The average Bonchev–Trinajstić information content (AvgIpc) is 3.13. The van der Waals surface area contributed by atoms with Crippen molar-refractivity contribution in [3.05, 3.63) is 186 Å². The van der Waals surface area contributed by atoms with Gasteiger partial charge < -0.3 is 9.80 Å². The molecule has 230 valence electrons. The van der Waals surface area contributed by atoms with Crippen LogP contribution in [0.1, 0.15) is 48.9 Å². The maximum Gasteiger partial charge on any atom is 0.0631 e. The van der Waals surface area contributed by atoms with Crippen molar-refractivity contribution in [2.75, 3.05) is 9.80 Å². The fraction of sp³-hybridized carbons (Fsp3) is 0.156. The van der Waals surface area contributed by atoms with Gasteiger partial charge in [-0.3, -0.25) is 0 Å². The number of fused-ring (bicyclic) bond motifs is 2. The smallest absolute Gasteiger partial charge is 0.0631 e. The lowest BCUT2D eigenvalue weighted by Gasteiger charge is -2.38. The van der Waals surface area contributed by atoms with E-state index in [1.165, 1.54) is 55.8 Å². The van der Waals surface area contributed by atoms with E-state index in [1.54, 1.807) is 0 Å². The minimum Gasteiger partial charge on any atom is -0.334 e. The Kier molecular flexibility index (Phi) is 7.93. The Hall–Kier alpha value is -5.34. The molecule has 0 aromatic heterocycles. The van der Waals surface area contributed by atoms with E-state index < -0.39 is 0 Å². The Labute approximate surface area is 279 Å². The minimum absolute atomic E-state index is 0.216. The van der Waals surface area contributed by atoms with E-state index in [0.717, 1.165) is 19.3 Å². The maximum atomic E-state index is 2.56. The van der Waals surface area contributed by atoms with Crippen LogP contribution in [-0.2, 0) is 0 Å². The second-order valence-corrected chi connectivity index (χ2v) is 12.9. The topological polar surface area (TPSA) is 6.48 Å². The van der Waals surface area contributed by atoms with Crippen LogP contribution in [0.15, 0.2) is 170 Å². The van der Waals surface area contributed by atoms with Gasteiger partial charge in [0.05, 0.1) is 12.1 Å². The number of benzene rings is 5. The molecule has 8 rings (SSSR count). The Morgan fingerprint density at radius 2 is 1.34 bits per heavy atom. The zero-order valence-electron chi connectivity index (χ0n) is 26.9. The molecule has 2 nitrogen and oxygen atoms in total. The molecule has 0 saturated carbocycles. The van der Waals surface area contributed by atoms with Crippen LogP contribution in [0.3, 0.4) is 0 Å². The second-order valence-electron chi connectivity index (χ2n) is 12.9. The van der Waals surface area contributed by atoms with Crippen LogP contribution in [-0.4, -0.2) is 6.04 Å². The number of para-hydroxylation sites is 1. The number of nitrogens with zero attached hydrogens (tertiary/aromatic N) is 2. The molecule has 0 amide bonds. The molecule has 0 fully saturated rings.